The van der Waals surface area contributed by atoms with Crippen molar-refractivity contribution in [3.63, 3.8) is 0 Å². The van der Waals surface area contributed by atoms with Gasteiger partial charge in [-0.25, -0.2) is 0 Å². The molecule has 0 aromatic heterocycles. The lowest BCUT2D eigenvalue weighted by Gasteiger charge is -2.57. The maximum absolute atomic E-state index is 13.1. The summed E-state index contributed by atoms with van der Waals surface area (Å²) < 4.78 is 37.7. The molecule has 7 atom stereocenters. The Kier molecular flexibility index (Phi) is 6.00. The summed E-state index contributed by atoms with van der Waals surface area (Å²) in [6, 6.07) is 6.94. The zero-order chi connectivity index (χ0) is 24.3. The van der Waals surface area contributed by atoms with Crippen molar-refractivity contribution in [3.05, 3.63) is 41.5 Å². The summed E-state index contributed by atoms with van der Waals surface area (Å²) in [5.74, 6) is 1.46. The maximum Gasteiger partial charge on any atom is 0.302 e. The fourth-order valence-electron chi connectivity index (χ4n) is 7.99. The van der Waals surface area contributed by atoms with Gasteiger partial charge in [0.15, 0.2) is 0 Å². The van der Waals surface area contributed by atoms with Gasteiger partial charge in [-0.1, -0.05) is 43.2 Å². The Morgan fingerprint density at radius 2 is 1.74 bits per heavy atom. The van der Waals surface area contributed by atoms with Crippen molar-refractivity contribution in [1.82, 2.24) is 0 Å². The number of carbonyl (C=O) groups is 1. The molecule has 4 aliphatic rings. The summed E-state index contributed by atoms with van der Waals surface area (Å²) in [4.78, 5) is 11.7. The van der Waals surface area contributed by atoms with Crippen molar-refractivity contribution in [2.75, 3.05) is 0 Å². The van der Waals surface area contributed by atoms with Crippen LogP contribution in [0.3, 0.4) is 0 Å². The Bertz CT molecular complexity index is 1090. The van der Waals surface area contributed by atoms with Crippen molar-refractivity contribution in [2.24, 2.45) is 28.6 Å². The van der Waals surface area contributed by atoms with Crippen LogP contribution >= 0.6 is 0 Å². The Morgan fingerprint density at radius 3 is 2.44 bits per heavy atom. The van der Waals surface area contributed by atoms with E-state index < -0.39 is 10.1 Å². The summed E-state index contributed by atoms with van der Waals surface area (Å²) in [5, 5.41) is 0. The van der Waals surface area contributed by atoms with Crippen LogP contribution in [0, 0.1) is 35.5 Å². The molecule has 0 radical (unpaired) electrons. The second-order valence-electron chi connectivity index (χ2n) is 11.7. The molecule has 5 rings (SSSR count). The van der Waals surface area contributed by atoms with Gasteiger partial charge in [0.1, 0.15) is 6.10 Å². The van der Waals surface area contributed by atoms with E-state index in [4.69, 9.17) is 8.92 Å². The molecule has 1 aromatic carbocycles. The van der Waals surface area contributed by atoms with Gasteiger partial charge < -0.3 is 4.74 Å². The minimum atomic E-state index is -3.78. The molecule has 5 nitrogen and oxygen atoms in total. The third-order valence-corrected chi connectivity index (χ3v) is 11.2. The number of allylic oxidation sites excluding steroid dienone is 1. The summed E-state index contributed by atoms with van der Waals surface area (Å²) in [6.07, 6.45) is 10.0. The number of esters is 1. The number of fused-ring (bicyclic) bond motifs is 5. The van der Waals surface area contributed by atoms with Gasteiger partial charge in [-0.15, -0.1) is 0 Å². The van der Waals surface area contributed by atoms with Crippen molar-refractivity contribution < 1.29 is 22.1 Å². The van der Waals surface area contributed by atoms with E-state index in [9.17, 15) is 13.2 Å². The predicted octanol–water partition coefficient (Wildman–Crippen LogP) is 5.96. The molecule has 0 heterocycles. The quantitative estimate of drug-likeness (QED) is 0.298. The van der Waals surface area contributed by atoms with Crippen LogP contribution < -0.4 is 0 Å². The molecule has 1 aromatic rings. The second-order valence-corrected chi connectivity index (χ2v) is 13.3. The molecule has 3 fully saturated rings. The highest BCUT2D eigenvalue weighted by atomic mass is 32.2. The summed E-state index contributed by atoms with van der Waals surface area (Å²) >= 11 is 0. The second kappa shape index (κ2) is 8.48. The van der Waals surface area contributed by atoms with Crippen molar-refractivity contribution in [3.8, 4) is 0 Å². The first-order chi connectivity index (χ1) is 16.0. The summed E-state index contributed by atoms with van der Waals surface area (Å²) in [5.41, 5.74) is 2.55. The van der Waals surface area contributed by atoms with Crippen LogP contribution in [0.25, 0.3) is 0 Å². The molecule has 0 saturated heterocycles. The zero-order valence-electron chi connectivity index (χ0n) is 20.9. The molecule has 5 unspecified atom stereocenters. The average molecular weight is 487 g/mol. The highest BCUT2D eigenvalue weighted by Crippen LogP contribution is 2.65. The fraction of sp³-hybridized carbons (Fsp3) is 0.679. The number of aryl methyl sites for hydroxylation is 1. The monoisotopic (exact) mass is 486 g/mol. The highest BCUT2D eigenvalue weighted by Gasteiger charge is 2.59. The lowest BCUT2D eigenvalue weighted by Crippen LogP contribution is -2.51. The molecule has 34 heavy (non-hydrogen) atoms. The Hall–Kier alpha value is -1.66. The number of rotatable bonds is 4. The lowest BCUT2D eigenvalue weighted by molar-refractivity contribution is -0.148. The van der Waals surface area contributed by atoms with E-state index in [0.717, 1.165) is 56.9 Å². The van der Waals surface area contributed by atoms with E-state index in [1.54, 1.807) is 12.1 Å². The van der Waals surface area contributed by atoms with Gasteiger partial charge in [0, 0.05) is 13.3 Å². The third-order valence-electron chi connectivity index (χ3n) is 9.86. The first kappa shape index (κ1) is 24.1. The van der Waals surface area contributed by atoms with Crippen LogP contribution in [0.4, 0.5) is 0 Å². The molecule has 0 N–H and O–H groups in total. The van der Waals surface area contributed by atoms with Crippen LogP contribution in [-0.4, -0.2) is 26.6 Å². The van der Waals surface area contributed by atoms with Crippen LogP contribution in [-0.2, 0) is 23.8 Å². The molecular formula is C28H38O5S. The number of carbonyl (C=O) groups excluding carboxylic acids is 1. The molecule has 0 amide bonds. The minimum absolute atomic E-state index is 0.0125. The first-order valence-electron chi connectivity index (χ1n) is 12.9. The van der Waals surface area contributed by atoms with Gasteiger partial charge in [-0.2, -0.15) is 8.42 Å². The minimum Gasteiger partial charge on any atom is -0.462 e. The van der Waals surface area contributed by atoms with Gasteiger partial charge in [-0.05, 0) is 92.6 Å². The first-order valence-corrected chi connectivity index (χ1v) is 14.3. The van der Waals surface area contributed by atoms with Gasteiger partial charge in [0.05, 0.1) is 11.0 Å². The van der Waals surface area contributed by atoms with Gasteiger partial charge in [0.2, 0.25) is 0 Å². The molecule has 186 valence electrons. The van der Waals surface area contributed by atoms with Crippen LogP contribution in [0.5, 0.6) is 0 Å². The van der Waals surface area contributed by atoms with E-state index in [1.807, 2.05) is 19.1 Å². The maximum atomic E-state index is 13.1. The Balaban J connectivity index is 1.35. The van der Waals surface area contributed by atoms with E-state index in [2.05, 4.69) is 19.9 Å². The van der Waals surface area contributed by atoms with Crippen LogP contribution in [0.2, 0.25) is 0 Å². The summed E-state index contributed by atoms with van der Waals surface area (Å²) in [7, 11) is -3.78. The van der Waals surface area contributed by atoms with Crippen molar-refractivity contribution >= 4 is 16.1 Å². The molecule has 4 aliphatic carbocycles. The number of benzene rings is 1. The molecular weight excluding hydrogens is 448 g/mol. The standard InChI is InChI=1S/C28H38O5S/c1-18-5-8-22(9-6-18)34(30,31)33-26-12-11-24-23-10-7-20-17-21(32-19(2)29)13-15-27(20,3)25(23)14-16-28(24,26)4/h5-9,21,23-26H,10-17H2,1-4H3/t21?,23?,24?,25?,26?,27-,28-/m0/s1. The van der Waals surface area contributed by atoms with Crippen LogP contribution in [0.15, 0.2) is 40.8 Å². The van der Waals surface area contributed by atoms with Crippen LogP contribution in [0.1, 0.15) is 77.7 Å². The lowest BCUT2D eigenvalue weighted by atomic mass is 9.48. The third kappa shape index (κ3) is 3.95. The highest BCUT2D eigenvalue weighted by molar-refractivity contribution is 7.86. The largest absolute Gasteiger partial charge is 0.462 e. The number of hydrogen-bond donors (Lipinski definition) is 0. The van der Waals surface area contributed by atoms with Gasteiger partial charge >= 0.3 is 5.97 Å². The Labute approximate surface area is 204 Å². The molecule has 0 spiro atoms. The zero-order valence-corrected chi connectivity index (χ0v) is 21.7. The van der Waals surface area contributed by atoms with E-state index in [-0.39, 0.29) is 33.9 Å². The smallest absolute Gasteiger partial charge is 0.302 e. The van der Waals surface area contributed by atoms with Crippen molar-refractivity contribution in [1.29, 1.82) is 0 Å². The normalized spacial score (nSPS) is 39.4. The fourth-order valence-corrected chi connectivity index (χ4v) is 9.19. The molecule has 0 bridgehead atoms. The van der Waals surface area contributed by atoms with E-state index in [1.165, 1.54) is 12.5 Å². The molecule has 6 heteroatoms. The van der Waals surface area contributed by atoms with E-state index >= 15 is 0 Å². The van der Waals surface area contributed by atoms with Crippen molar-refractivity contribution in [2.45, 2.75) is 96.2 Å². The van der Waals surface area contributed by atoms with Gasteiger partial charge in [0.25, 0.3) is 10.1 Å². The molecule has 0 aliphatic heterocycles. The Morgan fingerprint density at radius 1 is 1.00 bits per heavy atom. The summed E-state index contributed by atoms with van der Waals surface area (Å²) in [6.45, 7) is 8.15. The van der Waals surface area contributed by atoms with E-state index in [0.29, 0.717) is 17.8 Å². The van der Waals surface area contributed by atoms with Gasteiger partial charge in [-0.3, -0.25) is 8.98 Å². The topological polar surface area (TPSA) is 69.7 Å². The predicted molar refractivity (Wildman–Crippen MR) is 130 cm³/mol. The number of ether oxygens (including phenoxy) is 1. The number of hydrogen-bond acceptors (Lipinski definition) is 5. The SMILES string of the molecule is CC(=O)OC1CC[C@@]2(C)C(=CCC3C4CCC(OS(=O)(=O)c5ccc(C)cc5)[C@@]4(C)CCC32)C1. The molecule has 3 saturated carbocycles. The average Bonchev–Trinajstić information content (AvgIpc) is 3.09.